The molecule has 0 unspecified atom stereocenters. The molecule has 0 radical (unpaired) electrons. The second-order valence-electron chi connectivity index (χ2n) is 3.40. The Bertz CT molecular complexity index is 147. The van der Waals surface area contributed by atoms with Crippen molar-refractivity contribution in [3.05, 3.63) is 0 Å². The van der Waals surface area contributed by atoms with E-state index in [1.165, 1.54) is 25.9 Å². The van der Waals surface area contributed by atoms with Crippen LogP contribution >= 0.6 is 0 Å². The summed E-state index contributed by atoms with van der Waals surface area (Å²) in [6.07, 6.45) is 8.02. The molecule has 1 heterocycles. The number of hydrogen-bond acceptors (Lipinski definition) is 1. The molecule has 1 aliphatic rings. The van der Waals surface area contributed by atoms with Gasteiger partial charge in [0.15, 0.2) is 0 Å². The SMILES string of the molecule is C#CC(C)(C)N1CCCC1. The van der Waals surface area contributed by atoms with E-state index in [2.05, 4.69) is 24.7 Å². The minimum absolute atomic E-state index is 0.0174. The Balaban J connectivity index is 2.56. The number of likely N-dealkylation sites (tertiary alicyclic amines) is 1. The van der Waals surface area contributed by atoms with Crippen molar-refractivity contribution >= 4 is 0 Å². The third-order valence-corrected chi connectivity index (χ3v) is 2.25. The fourth-order valence-corrected chi connectivity index (χ4v) is 1.37. The number of rotatable bonds is 1. The number of nitrogens with zero attached hydrogens (tertiary/aromatic N) is 1. The summed E-state index contributed by atoms with van der Waals surface area (Å²) >= 11 is 0. The van der Waals surface area contributed by atoms with Gasteiger partial charge in [0.2, 0.25) is 0 Å². The van der Waals surface area contributed by atoms with Crippen molar-refractivity contribution < 1.29 is 0 Å². The minimum atomic E-state index is -0.0174. The van der Waals surface area contributed by atoms with Crippen molar-refractivity contribution in [2.45, 2.75) is 32.2 Å². The maximum atomic E-state index is 5.39. The smallest absolute Gasteiger partial charge is 0.0766 e. The van der Waals surface area contributed by atoms with Crippen LogP contribution in [0.3, 0.4) is 0 Å². The predicted molar refractivity (Wildman–Crippen MR) is 43.7 cm³/mol. The molecule has 0 N–H and O–H groups in total. The van der Waals surface area contributed by atoms with E-state index in [0.29, 0.717) is 0 Å². The Labute approximate surface area is 63.4 Å². The number of hydrogen-bond donors (Lipinski definition) is 0. The van der Waals surface area contributed by atoms with Crippen molar-refractivity contribution in [3.63, 3.8) is 0 Å². The molecule has 0 atom stereocenters. The highest BCUT2D eigenvalue weighted by molar-refractivity contribution is 5.09. The molecule has 1 saturated heterocycles. The first-order valence-electron chi connectivity index (χ1n) is 3.89. The summed E-state index contributed by atoms with van der Waals surface area (Å²) < 4.78 is 0. The Kier molecular flexibility index (Phi) is 2.01. The second-order valence-corrected chi connectivity index (χ2v) is 3.40. The van der Waals surface area contributed by atoms with Gasteiger partial charge in [0.05, 0.1) is 5.54 Å². The van der Waals surface area contributed by atoms with E-state index in [4.69, 9.17) is 6.42 Å². The van der Waals surface area contributed by atoms with E-state index >= 15 is 0 Å². The van der Waals surface area contributed by atoms with E-state index in [1.54, 1.807) is 0 Å². The largest absolute Gasteiger partial charge is 0.288 e. The fraction of sp³-hybridized carbons (Fsp3) is 0.778. The van der Waals surface area contributed by atoms with E-state index in [1.807, 2.05) is 0 Å². The first-order chi connectivity index (χ1) is 4.67. The van der Waals surface area contributed by atoms with E-state index < -0.39 is 0 Å². The number of terminal acetylenes is 1. The summed E-state index contributed by atoms with van der Waals surface area (Å²) in [5.41, 5.74) is -0.0174. The van der Waals surface area contributed by atoms with Crippen LogP contribution in [0, 0.1) is 12.3 Å². The molecule has 0 aromatic rings. The average Bonchev–Trinajstić information content (AvgIpc) is 2.38. The van der Waals surface area contributed by atoms with Gasteiger partial charge in [-0.25, -0.2) is 0 Å². The normalized spacial score (nSPS) is 20.9. The average molecular weight is 137 g/mol. The van der Waals surface area contributed by atoms with Crippen LogP contribution in [0.2, 0.25) is 0 Å². The van der Waals surface area contributed by atoms with E-state index in [9.17, 15) is 0 Å². The summed E-state index contributed by atoms with van der Waals surface area (Å²) in [6, 6.07) is 0. The molecule has 0 spiro atoms. The monoisotopic (exact) mass is 137 g/mol. The Morgan fingerprint density at radius 2 is 1.80 bits per heavy atom. The first-order valence-corrected chi connectivity index (χ1v) is 3.89. The molecule has 0 aromatic carbocycles. The topological polar surface area (TPSA) is 3.24 Å². The lowest BCUT2D eigenvalue weighted by Crippen LogP contribution is -2.40. The summed E-state index contributed by atoms with van der Waals surface area (Å²) in [6.45, 7) is 6.57. The molecule has 0 aliphatic carbocycles. The van der Waals surface area contributed by atoms with Crippen molar-refractivity contribution in [1.29, 1.82) is 0 Å². The lowest BCUT2D eigenvalue weighted by Gasteiger charge is -2.29. The maximum absolute atomic E-state index is 5.39. The maximum Gasteiger partial charge on any atom is 0.0766 e. The molecule has 1 rings (SSSR count). The van der Waals surface area contributed by atoms with Crippen LogP contribution in [0.15, 0.2) is 0 Å². The minimum Gasteiger partial charge on any atom is -0.288 e. The van der Waals surface area contributed by atoms with Crippen LogP contribution < -0.4 is 0 Å². The van der Waals surface area contributed by atoms with Gasteiger partial charge in [-0.1, -0.05) is 5.92 Å². The molecule has 10 heavy (non-hydrogen) atoms. The lowest BCUT2D eigenvalue weighted by atomic mass is 10.1. The Morgan fingerprint density at radius 3 is 2.20 bits per heavy atom. The standard InChI is InChI=1S/C9H15N/c1-4-9(2,3)10-7-5-6-8-10/h1H,5-8H2,2-3H3. The lowest BCUT2D eigenvalue weighted by molar-refractivity contribution is 0.214. The van der Waals surface area contributed by atoms with Crippen molar-refractivity contribution in [2.75, 3.05) is 13.1 Å². The van der Waals surface area contributed by atoms with Gasteiger partial charge in [-0.3, -0.25) is 4.90 Å². The zero-order valence-electron chi connectivity index (χ0n) is 6.85. The van der Waals surface area contributed by atoms with Crippen LogP contribution in [0.1, 0.15) is 26.7 Å². The Hall–Kier alpha value is -0.480. The third kappa shape index (κ3) is 1.33. The van der Waals surface area contributed by atoms with E-state index in [0.717, 1.165) is 0 Å². The summed E-state index contributed by atoms with van der Waals surface area (Å²) in [5, 5.41) is 0. The van der Waals surface area contributed by atoms with Crippen molar-refractivity contribution in [2.24, 2.45) is 0 Å². The van der Waals surface area contributed by atoms with Gasteiger partial charge in [-0.2, -0.15) is 0 Å². The van der Waals surface area contributed by atoms with Gasteiger partial charge in [-0.05, 0) is 39.8 Å². The quantitative estimate of drug-likeness (QED) is 0.495. The molecule has 0 saturated carbocycles. The highest BCUT2D eigenvalue weighted by atomic mass is 15.2. The molecular formula is C9H15N. The second kappa shape index (κ2) is 2.64. The zero-order valence-corrected chi connectivity index (χ0v) is 6.85. The predicted octanol–water partition coefficient (Wildman–Crippen LogP) is 1.49. The van der Waals surface area contributed by atoms with Crippen molar-refractivity contribution in [3.8, 4) is 12.3 Å². The Morgan fingerprint density at radius 1 is 1.30 bits per heavy atom. The highest BCUT2D eigenvalue weighted by Gasteiger charge is 2.26. The molecule has 1 nitrogen and oxygen atoms in total. The fourth-order valence-electron chi connectivity index (χ4n) is 1.37. The van der Waals surface area contributed by atoms with Crippen LogP contribution in [-0.4, -0.2) is 23.5 Å². The van der Waals surface area contributed by atoms with E-state index in [-0.39, 0.29) is 5.54 Å². The van der Waals surface area contributed by atoms with Crippen LogP contribution in [-0.2, 0) is 0 Å². The summed E-state index contributed by atoms with van der Waals surface area (Å²) in [7, 11) is 0. The van der Waals surface area contributed by atoms with Crippen molar-refractivity contribution in [1.82, 2.24) is 4.90 Å². The van der Waals surface area contributed by atoms with Crippen LogP contribution in [0.25, 0.3) is 0 Å². The molecule has 0 amide bonds. The van der Waals surface area contributed by atoms with Gasteiger partial charge in [-0.15, -0.1) is 6.42 Å². The van der Waals surface area contributed by atoms with Gasteiger partial charge in [0.25, 0.3) is 0 Å². The van der Waals surface area contributed by atoms with Crippen LogP contribution in [0.4, 0.5) is 0 Å². The van der Waals surface area contributed by atoms with Gasteiger partial charge < -0.3 is 0 Å². The van der Waals surface area contributed by atoms with Gasteiger partial charge >= 0.3 is 0 Å². The molecule has 56 valence electrons. The molecule has 1 aliphatic heterocycles. The van der Waals surface area contributed by atoms with Gasteiger partial charge in [0, 0.05) is 0 Å². The molecule has 0 aromatic heterocycles. The summed E-state index contributed by atoms with van der Waals surface area (Å²) in [5.74, 6) is 2.81. The molecule has 1 heteroatoms. The molecule has 1 fully saturated rings. The zero-order chi connectivity index (χ0) is 7.61. The van der Waals surface area contributed by atoms with Gasteiger partial charge in [0.1, 0.15) is 0 Å². The molecule has 0 bridgehead atoms. The highest BCUT2D eigenvalue weighted by Crippen LogP contribution is 2.19. The first kappa shape index (κ1) is 7.63. The third-order valence-electron chi connectivity index (χ3n) is 2.25. The van der Waals surface area contributed by atoms with Crippen LogP contribution in [0.5, 0.6) is 0 Å². The summed E-state index contributed by atoms with van der Waals surface area (Å²) in [4.78, 5) is 2.37. The molecular weight excluding hydrogens is 122 g/mol.